The van der Waals surface area contributed by atoms with E-state index in [4.69, 9.17) is 0 Å². The van der Waals surface area contributed by atoms with Crippen LogP contribution in [0.25, 0.3) is 0 Å². The molecule has 0 bridgehead atoms. The molecular formula is C19H30N4O. The topological polar surface area (TPSA) is 58.4 Å². The first kappa shape index (κ1) is 18.3. The maximum atomic E-state index is 11.6. The van der Waals surface area contributed by atoms with Crippen LogP contribution < -0.4 is 16.2 Å². The number of nitrogens with zero attached hydrogens (tertiary/aromatic N) is 2. The normalized spacial score (nSPS) is 15.0. The number of rotatable bonds is 8. The van der Waals surface area contributed by atoms with Gasteiger partial charge in [0, 0.05) is 38.9 Å². The van der Waals surface area contributed by atoms with E-state index in [1.54, 1.807) is 29.3 Å². The van der Waals surface area contributed by atoms with E-state index in [1.165, 1.54) is 25.7 Å². The zero-order chi connectivity index (χ0) is 17.0. The Morgan fingerprint density at radius 3 is 2.83 bits per heavy atom. The third kappa shape index (κ3) is 6.60. The molecule has 0 radical (unpaired) electrons. The fourth-order valence-electron chi connectivity index (χ4n) is 2.95. The van der Waals surface area contributed by atoms with Gasteiger partial charge in [0.2, 0.25) is 5.56 Å². The average Bonchev–Trinajstić information content (AvgIpc) is 2.62. The van der Waals surface area contributed by atoms with Gasteiger partial charge < -0.3 is 15.2 Å². The van der Waals surface area contributed by atoms with Gasteiger partial charge in [-0.2, -0.15) is 0 Å². The Balaban J connectivity index is 1.57. The van der Waals surface area contributed by atoms with Crippen LogP contribution in [0.3, 0.4) is 0 Å². The zero-order valence-electron chi connectivity index (χ0n) is 14.8. The number of hydrogen-bond acceptors (Lipinski definition) is 2. The van der Waals surface area contributed by atoms with Crippen molar-refractivity contribution >= 4 is 5.96 Å². The number of pyridine rings is 1. The fraction of sp³-hybridized carbons (Fsp3) is 0.579. The van der Waals surface area contributed by atoms with Gasteiger partial charge >= 0.3 is 0 Å². The van der Waals surface area contributed by atoms with Gasteiger partial charge in [0.15, 0.2) is 5.96 Å². The Kier molecular flexibility index (Phi) is 8.15. The molecule has 0 unspecified atom stereocenters. The number of aromatic nitrogens is 1. The Hall–Kier alpha value is -2.04. The molecule has 132 valence electrons. The van der Waals surface area contributed by atoms with Crippen LogP contribution in [0.1, 0.15) is 44.9 Å². The van der Waals surface area contributed by atoms with Crippen molar-refractivity contribution in [2.45, 2.75) is 51.5 Å². The van der Waals surface area contributed by atoms with E-state index in [2.05, 4.69) is 21.7 Å². The number of hydrogen-bond donors (Lipinski definition) is 2. The van der Waals surface area contributed by atoms with Gasteiger partial charge in [0.05, 0.1) is 0 Å². The Morgan fingerprint density at radius 1 is 1.21 bits per heavy atom. The van der Waals surface area contributed by atoms with Crippen LogP contribution in [0.2, 0.25) is 0 Å². The highest BCUT2D eigenvalue weighted by molar-refractivity contribution is 5.79. The summed E-state index contributed by atoms with van der Waals surface area (Å²) >= 11 is 0. The predicted octanol–water partition coefficient (Wildman–Crippen LogP) is 2.68. The highest BCUT2D eigenvalue weighted by Gasteiger charge is 2.04. The Labute approximate surface area is 144 Å². The standard InChI is InChI=1S/C19H30N4O/c1-20-19(22-14-12-17-9-3-2-4-10-17)21-13-6-8-16-23-15-7-5-11-18(23)24/h5,7,9,11,15H,2-4,6,8,10,12-14,16H2,1H3,(H2,20,21,22). The number of aliphatic imine (C=N–C) groups is 1. The highest BCUT2D eigenvalue weighted by atomic mass is 16.1. The second kappa shape index (κ2) is 10.7. The summed E-state index contributed by atoms with van der Waals surface area (Å²) in [6.45, 7) is 2.57. The molecule has 1 aromatic rings. The van der Waals surface area contributed by atoms with Crippen LogP contribution in [-0.4, -0.2) is 30.7 Å². The third-order valence-corrected chi connectivity index (χ3v) is 4.36. The molecule has 1 aliphatic rings. The van der Waals surface area contributed by atoms with Crippen LogP contribution in [-0.2, 0) is 6.54 Å². The molecule has 0 spiro atoms. The van der Waals surface area contributed by atoms with Gasteiger partial charge in [0.25, 0.3) is 0 Å². The number of aryl methyl sites for hydroxylation is 1. The molecule has 2 rings (SSSR count). The van der Waals surface area contributed by atoms with Crippen LogP contribution in [0.5, 0.6) is 0 Å². The third-order valence-electron chi connectivity index (χ3n) is 4.36. The van der Waals surface area contributed by atoms with E-state index in [-0.39, 0.29) is 5.56 Å². The quantitative estimate of drug-likeness (QED) is 0.333. The molecule has 24 heavy (non-hydrogen) atoms. The van der Waals surface area contributed by atoms with Crippen molar-refractivity contribution < 1.29 is 0 Å². The number of unbranched alkanes of at least 4 members (excludes halogenated alkanes) is 1. The van der Waals surface area contributed by atoms with Crippen LogP contribution >= 0.6 is 0 Å². The summed E-state index contributed by atoms with van der Waals surface area (Å²) in [5.74, 6) is 0.864. The van der Waals surface area contributed by atoms with E-state index in [9.17, 15) is 4.79 Å². The van der Waals surface area contributed by atoms with E-state index in [0.29, 0.717) is 0 Å². The molecule has 5 nitrogen and oxygen atoms in total. The summed E-state index contributed by atoms with van der Waals surface area (Å²) in [5, 5.41) is 6.72. The van der Waals surface area contributed by atoms with E-state index in [1.807, 2.05) is 12.3 Å². The fourth-order valence-corrected chi connectivity index (χ4v) is 2.95. The molecule has 0 saturated heterocycles. The molecule has 0 aliphatic heterocycles. The second-order valence-electron chi connectivity index (χ2n) is 6.22. The van der Waals surface area contributed by atoms with Crippen molar-refractivity contribution in [3.05, 3.63) is 46.4 Å². The van der Waals surface area contributed by atoms with Gasteiger partial charge in [0.1, 0.15) is 0 Å². The van der Waals surface area contributed by atoms with Crippen molar-refractivity contribution in [3.8, 4) is 0 Å². The maximum Gasteiger partial charge on any atom is 0.250 e. The lowest BCUT2D eigenvalue weighted by atomic mass is 9.97. The summed E-state index contributed by atoms with van der Waals surface area (Å²) in [6, 6.07) is 5.28. The first-order chi connectivity index (χ1) is 11.8. The molecule has 1 aromatic heterocycles. The molecule has 5 heteroatoms. The summed E-state index contributed by atoms with van der Waals surface area (Å²) in [7, 11) is 1.80. The van der Waals surface area contributed by atoms with E-state index in [0.717, 1.165) is 44.9 Å². The minimum absolute atomic E-state index is 0.0694. The maximum absolute atomic E-state index is 11.6. The average molecular weight is 330 g/mol. The zero-order valence-corrected chi connectivity index (χ0v) is 14.8. The lowest BCUT2D eigenvalue weighted by Crippen LogP contribution is -2.38. The smallest absolute Gasteiger partial charge is 0.250 e. The molecule has 0 saturated carbocycles. The van der Waals surface area contributed by atoms with Crippen molar-refractivity contribution in [3.63, 3.8) is 0 Å². The summed E-state index contributed by atoms with van der Waals surface area (Å²) in [6.07, 6.45) is 12.5. The highest BCUT2D eigenvalue weighted by Crippen LogP contribution is 2.19. The summed E-state index contributed by atoms with van der Waals surface area (Å²) < 4.78 is 1.75. The van der Waals surface area contributed by atoms with Gasteiger partial charge in [-0.25, -0.2) is 0 Å². The minimum atomic E-state index is 0.0694. The molecule has 1 heterocycles. The Morgan fingerprint density at radius 2 is 2.08 bits per heavy atom. The van der Waals surface area contributed by atoms with E-state index < -0.39 is 0 Å². The molecular weight excluding hydrogens is 300 g/mol. The van der Waals surface area contributed by atoms with Gasteiger partial charge in [-0.15, -0.1) is 0 Å². The monoisotopic (exact) mass is 330 g/mol. The van der Waals surface area contributed by atoms with Gasteiger partial charge in [-0.1, -0.05) is 17.7 Å². The molecule has 0 atom stereocenters. The first-order valence-electron chi connectivity index (χ1n) is 9.07. The first-order valence-corrected chi connectivity index (χ1v) is 9.07. The van der Waals surface area contributed by atoms with Crippen LogP contribution in [0.4, 0.5) is 0 Å². The van der Waals surface area contributed by atoms with Crippen LogP contribution in [0.15, 0.2) is 45.8 Å². The lowest BCUT2D eigenvalue weighted by molar-refractivity contribution is 0.585. The number of nitrogens with one attached hydrogen (secondary N) is 2. The minimum Gasteiger partial charge on any atom is -0.356 e. The van der Waals surface area contributed by atoms with Crippen molar-refractivity contribution in [1.29, 1.82) is 0 Å². The van der Waals surface area contributed by atoms with Gasteiger partial charge in [-0.3, -0.25) is 9.79 Å². The van der Waals surface area contributed by atoms with Crippen molar-refractivity contribution in [2.75, 3.05) is 20.1 Å². The van der Waals surface area contributed by atoms with Crippen LogP contribution in [0, 0.1) is 0 Å². The molecule has 0 fully saturated rings. The largest absolute Gasteiger partial charge is 0.356 e. The van der Waals surface area contributed by atoms with Crippen molar-refractivity contribution in [1.82, 2.24) is 15.2 Å². The molecule has 0 aromatic carbocycles. The number of guanidine groups is 1. The molecule has 0 amide bonds. The molecule has 2 N–H and O–H groups in total. The van der Waals surface area contributed by atoms with Gasteiger partial charge in [-0.05, 0) is 51.0 Å². The SMILES string of the molecule is CN=C(NCCCCn1ccccc1=O)NCCC1=CCCCC1. The summed E-state index contributed by atoms with van der Waals surface area (Å²) in [5.41, 5.74) is 1.65. The number of allylic oxidation sites excluding steroid dienone is 1. The molecule has 1 aliphatic carbocycles. The predicted molar refractivity (Wildman–Crippen MR) is 100 cm³/mol. The summed E-state index contributed by atoms with van der Waals surface area (Å²) in [4.78, 5) is 15.9. The Bertz CT molecular complexity index is 603. The van der Waals surface area contributed by atoms with E-state index >= 15 is 0 Å². The van der Waals surface area contributed by atoms with Crippen molar-refractivity contribution in [2.24, 2.45) is 4.99 Å². The second-order valence-corrected chi connectivity index (χ2v) is 6.22. The lowest BCUT2D eigenvalue weighted by Gasteiger charge is -2.15.